The van der Waals surface area contributed by atoms with Crippen LogP contribution < -0.4 is 11.3 Å². The van der Waals surface area contributed by atoms with Crippen molar-refractivity contribution in [3.05, 3.63) is 17.1 Å². The molecule has 1 aliphatic heterocycles. The van der Waals surface area contributed by atoms with Crippen molar-refractivity contribution in [1.29, 1.82) is 0 Å². The van der Waals surface area contributed by atoms with Gasteiger partial charge >= 0.3 is 0 Å². The van der Waals surface area contributed by atoms with E-state index >= 15 is 0 Å². The third-order valence-electron chi connectivity index (χ3n) is 3.69. The Labute approximate surface area is 122 Å². The summed E-state index contributed by atoms with van der Waals surface area (Å²) in [4.78, 5) is 9.55. The summed E-state index contributed by atoms with van der Waals surface area (Å²) in [6.45, 7) is 0. The number of aryl methyl sites for hydroxylation is 1. The van der Waals surface area contributed by atoms with Crippen LogP contribution in [0.2, 0.25) is 0 Å². The Bertz CT molecular complexity index is 447. The maximum absolute atomic E-state index is 5.67. The Morgan fingerprint density at radius 1 is 1.11 bits per heavy atom. The van der Waals surface area contributed by atoms with Gasteiger partial charge in [0.15, 0.2) is 0 Å². The second kappa shape index (κ2) is 6.33. The van der Waals surface area contributed by atoms with Gasteiger partial charge in [-0.15, -0.1) is 11.8 Å². The number of fused-ring (bicyclic) bond motifs is 1. The monoisotopic (exact) mass is 296 g/mol. The maximum Gasteiger partial charge on any atom is 0.147 e. The summed E-state index contributed by atoms with van der Waals surface area (Å²) in [5, 5.41) is 0.430. The van der Waals surface area contributed by atoms with Crippen LogP contribution in [0.1, 0.15) is 41.6 Å². The fourth-order valence-corrected chi connectivity index (χ4v) is 5.29. The number of nitrogen functional groups attached to an aromatic ring is 1. The molecule has 1 aromatic heterocycles. The van der Waals surface area contributed by atoms with Gasteiger partial charge in [-0.25, -0.2) is 15.8 Å². The molecule has 1 saturated heterocycles. The van der Waals surface area contributed by atoms with Crippen LogP contribution in [-0.4, -0.2) is 27.2 Å². The highest BCUT2D eigenvalue weighted by Crippen LogP contribution is 2.36. The Morgan fingerprint density at radius 3 is 2.79 bits per heavy atom. The lowest BCUT2D eigenvalue weighted by Gasteiger charge is -2.21. The molecule has 1 fully saturated rings. The van der Waals surface area contributed by atoms with Gasteiger partial charge in [0, 0.05) is 28.5 Å². The lowest BCUT2D eigenvalue weighted by atomic mass is 10.1. The molecule has 0 saturated carbocycles. The minimum absolute atomic E-state index is 0.430. The molecular formula is C13H20N4S2. The number of thioether (sulfide) groups is 2. The van der Waals surface area contributed by atoms with Crippen molar-refractivity contribution in [1.82, 2.24) is 9.97 Å². The predicted molar refractivity (Wildman–Crippen MR) is 83.6 cm³/mol. The van der Waals surface area contributed by atoms with Crippen molar-refractivity contribution >= 4 is 29.3 Å². The van der Waals surface area contributed by atoms with Crippen molar-refractivity contribution in [3.8, 4) is 0 Å². The van der Waals surface area contributed by atoms with Crippen molar-refractivity contribution < 1.29 is 0 Å². The van der Waals surface area contributed by atoms with E-state index < -0.39 is 0 Å². The van der Waals surface area contributed by atoms with E-state index in [4.69, 9.17) is 10.8 Å². The lowest BCUT2D eigenvalue weighted by molar-refractivity contribution is 0.708. The average Bonchev–Trinajstić information content (AvgIpc) is 2.72. The first-order chi connectivity index (χ1) is 9.38. The second-order valence-corrected chi connectivity index (χ2v) is 7.46. The summed E-state index contributed by atoms with van der Waals surface area (Å²) in [6, 6.07) is 0. The van der Waals surface area contributed by atoms with Gasteiger partial charge in [0.2, 0.25) is 0 Å². The molecule has 3 N–H and O–H groups in total. The fourth-order valence-electron chi connectivity index (χ4n) is 2.69. The Balaban J connectivity index is 1.94. The molecule has 1 aromatic rings. The first-order valence-electron chi connectivity index (χ1n) is 6.94. The quantitative estimate of drug-likeness (QED) is 0.497. The molecule has 1 atom stereocenters. The number of nitrogens with two attached hydrogens (primary N) is 1. The van der Waals surface area contributed by atoms with E-state index in [9.17, 15) is 0 Å². The van der Waals surface area contributed by atoms with Gasteiger partial charge in [-0.1, -0.05) is 6.42 Å². The summed E-state index contributed by atoms with van der Waals surface area (Å²) in [5.74, 6) is 11.1. The molecule has 104 valence electrons. The van der Waals surface area contributed by atoms with Crippen LogP contribution in [0.4, 0.5) is 5.82 Å². The van der Waals surface area contributed by atoms with Gasteiger partial charge in [-0.05, 0) is 25.7 Å². The van der Waals surface area contributed by atoms with E-state index in [1.807, 2.05) is 23.5 Å². The summed E-state index contributed by atoms with van der Waals surface area (Å²) < 4.78 is 0. The van der Waals surface area contributed by atoms with Crippen molar-refractivity contribution in [2.45, 2.75) is 37.4 Å². The molecule has 2 heterocycles. The first kappa shape index (κ1) is 13.5. The summed E-state index contributed by atoms with van der Waals surface area (Å²) >= 11 is 3.98. The molecule has 1 unspecified atom stereocenters. The summed E-state index contributed by atoms with van der Waals surface area (Å²) in [5.41, 5.74) is 5.27. The molecule has 0 amide bonds. The molecule has 0 aromatic carbocycles. The van der Waals surface area contributed by atoms with Gasteiger partial charge in [-0.3, -0.25) is 0 Å². The van der Waals surface area contributed by atoms with Gasteiger partial charge in [-0.2, -0.15) is 11.8 Å². The van der Waals surface area contributed by atoms with Crippen LogP contribution in [0.3, 0.4) is 0 Å². The van der Waals surface area contributed by atoms with Gasteiger partial charge in [0.05, 0.1) is 5.25 Å². The number of hydrogen-bond acceptors (Lipinski definition) is 6. The minimum atomic E-state index is 0.430. The van der Waals surface area contributed by atoms with E-state index in [1.54, 1.807) is 0 Å². The van der Waals surface area contributed by atoms with Crippen LogP contribution in [0.5, 0.6) is 0 Å². The zero-order chi connectivity index (χ0) is 13.1. The van der Waals surface area contributed by atoms with Gasteiger partial charge < -0.3 is 5.43 Å². The molecule has 1 aliphatic carbocycles. The van der Waals surface area contributed by atoms with Crippen LogP contribution in [0.25, 0.3) is 0 Å². The largest absolute Gasteiger partial charge is 0.308 e. The van der Waals surface area contributed by atoms with Gasteiger partial charge in [0.25, 0.3) is 0 Å². The SMILES string of the molecule is NNc1nc(C2CSCCS2)nc2c1CCCCC2. The number of rotatable bonds is 2. The summed E-state index contributed by atoms with van der Waals surface area (Å²) in [6.07, 6.45) is 5.87. The number of hydrogen-bond donors (Lipinski definition) is 2. The normalized spacial score (nSPS) is 23.5. The number of anilines is 1. The highest BCUT2D eigenvalue weighted by Gasteiger charge is 2.23. The Morgan fingerprint density at radius 2 is 2.00 bits per heavy atom. The number of hydrazine groups is 1. The molecule has 0 bridgehead atoms. The van der Waals surface area contributed by atoms with E-state index in [2.05, 4.69) is 10.4 Å². The molecule has 0 spiro atoms. The van der Waals surface area contributed by atoms with E-state index in [1.165, 1.54) is 42.0 Å². The minimum Gasteiger partial charge on any atom is -0.308 e. The number of nitrogens with one attached hydrogen (secondary N) is 1. The number of nitrogens with zero attached hydrogens (tertiary/aromatic N) is 2. The fraction of sp³-hybridized carbons (Fsp3) is 0.692. The maximum atomic E-state index is 5.67. The van der Waals surface area contributed by atoms with Crippen molar-refractivity contribution in [3.63, 3.8) is 0 Å². The lowest BCUT2D eigenvalue weighted by Crippen LogP contribution is -2.18. The first-order valence-corrected chi connectivity index (χ1v) is 9.14. The Hall–Kier alpha value is -0.460. The molecule has 3 rings (SSSR count). The summed E-state index contributed by atoms with van der Waals surface area (Å²) in [7, 11) is 0. The van der Waals surface area contributed by atoms with Crippen LogP contribution >= 0.6 is 23.5 Å². The van der Waals surface area contributed by atoms with E-state index in [-0.39, 0.29) is 0 Å². The molecular weight excluding hydrogens is 276 g/mol. The van der Waals surface area contributed by atoms with Crippen molar-refractivity contribution in [2.75, 3.05) is 22.7 Å². The van der Waals surface area contributed by atoms with Crippen LogP contribution in [0, 0.1) is 0 Å². The topological polar surface area (TPSA) is 63.8 Å². The standard InChI is InChI=1S/C13H20N4S2/c14-17-12-9-4-2-1-3-5-10(9)15-13(16-12)11-8-18-6-7-19-11/h11H,1-8,14H2,(H,15,16,17). The Kier molecular flexibility index (Phi) is 4.50. The highest BCUT2D eigenvalue weighted by molar-refractivity contribution is 8.06. The molecule has 4 nitrogen and oxygen atoms in total. The smallest absolute Gasteiger partial charge is 0.147 e. The zero-order valence-corrected chi connectivity index (χ0v) is 12.7. The number of aromatic nitrogens is 2. The van der Waals surface area contributed by atoms with Crippen LogP contribution in [-0.2, 0) is 12.8 Å². The van der Waals surface area contributed by atoms with E-state index in [0.717, 1.165) is 30.2 Å². The van der Waals surface area contributed by atoms with E-state index in [0.29, 0.717) is 5.25 Å². The third-order valence-corrected chi connectivity index (χ3v) is 6.44. The van der Waals surface area contributed by atoms with Crippen molar-refractivity contribution in [2.24, 2.45) is 5.84 Å². The molecule has 6 heteroatoms. The predicted octanol–water partition coefficient (Wildman–Crippen LogP) is 2.55. The molecule has 0 radical (unpaired) electrons. The molecule has 19 heavy (non-hydrogen) atoms. The average molecular weight is 296 g/mol. The van der Waals surface area contributed by atoms with Crippen LogP contribution in [0.15, 0.2) is 0 Å². The van der Waals surface area contributed by atoms with Gasteiger partial charge in [0.1, 0.15) is 11.6 Å². The second-order valence-electron chi connectivity index (χ2n) is 5.00. The molecule has 2 aliphatic rings. The highest BCUT2D eigenvalue weighted by atomic mass is 32.2. The third kappa shape index (κ3) is 3.01. The zero-order valence-electron chi connectivity index (χ0n) is 11.0.